The highest BCUT2D eigenvalue weighted by Crippen LogP contribution is 2.17. The second-order valence-electron chi connectivity index (χ2n) is 5.66. The van der Waals surface area contributed by atoms with Crippen molar-refractivity contribution >= 4 is 10.0 Å². The van der Waals surface area contributed by atoms with Crippen LogP contribution in [0.3, 0.4) is 0 Å². The fourth-order valence-corrected chi connectivity index (χ4v) is 3.14. The molecule has 0 spiro atoms. The lowest BCUT2D eigenvalue weighted by atomic mass is 10.0. The number of sulfonamides is 1. The fourth-order valence-electron chi connectivity index (χ4n) is 2.13. The third-order valence-electron chi connectivity index (χ3n) is 3.51. The minimum absolute atomic E-state index is 0.251. The van der Waals surface area contributed by atoms with E-state index in [4.69, 9.17) is 4.74 Å². The summed E-state index contributed by atoms with van der Waals surface area (Å²) in [5.41, 5.74) is 2.19. The van der Waals surface area contributed by atoms with Crippen molar-refractivity contribution in [3.05, 3.63) is 65.7 Å². The number of hydrogen-bond acceptors (Lipinski definition) is 3. The van der Waals surface area contributed by atoms with Gasteiger partial charge in [-0.15, -0.1) is 0 Å². The Morgan fingerprint density at radius 2 is 1.65 bits per heavy atom. The van der Waals surface area contributed by atoms with Gasteiger partial charge in [-0.3, -0.25) is 0 Å². The van der Waals surface area contributed by atoms with Crippen molar-refractivity contribution in [3.8, 4) is 0 Å². The van der Waals surface area contributed by atoms with Gasteiger partial charge in [-0.1, -0.05) is 56.3 Å². The van der Waals surface area contributed by atoms with Crippen molar-refractivity contribution in [2.24, 2.45) is 0 Å². The van der Waals surface area contributed by atoms with Gasteiger partial charge in [-0.25, -0.2) is 13.1 Å². The average molecular weight is 333 g/mol. The third-order valence-corrected chi connectivity index (χ3v) is 4.98. The van der Waals surface area contributed by atoms with Gasteiger partial charge in [0.1, 0.15) is 0 Å². The number of rotatable bonds is 8. The molecule has 5 heteroatoms. The van der Waals surface area contributed by atoms with Crippen LogP contribution in [0, 0.1) is 0 Å². The maximum Gasteiger partial charge on any atom is 0.240 e. The fraction of sp³-hybridized carbons (Fsp3) is 0.333. The SMILES string of the molecule is CC(C)c1ccc(S(=O)(=O)NCCOCc2ccccc2)cc1. The molecule has 0 unspecified atom stereocenters. The molecule has 0 bridgehead atoms. The Balaban J connectivity index is 1.79. The van der Waals surface area contributed by atoms with Crippen LogP contribution in [0.15, 0.2) is 59.5 Å². The van der Waals surface area contributed by atoms with Gasteiger partial charge < -0.3 is 4.74 Å². The zero-order valence-corrected chi connectivity index (χ0v) is 14.3. The minimum atomic E-state index is -3.48. The van der Waals surface area contributed by atoms with Gasteiger partial charge in [-0.2, -0.15) is 0 Å². The maximum absolute atomic E-state index is 12.2. The zero-order chi connectivity index (χ0) is 16.7. The predicted octanol–water partition coefficient (Wildman–Crippen LogP) is 3.31. The standard InChI is InChI=1S/C18H23NO3S/c1-15(2)17-8-10-18(11-9-17)23(20,21)19-12-13-22-14-16-6-4-3-5-7-16/h3-11,15,19H,12-14H2,1-2H3. The lowest BCUT2D eigenvalue weighted by Crippen LogP contribution is -2.27. The average Bonchev–Trinajstić information content (AvgIpc) is 2.55. The maximum atomic E-state index is 12.2. The van der Waals surface area contributed by atoms with Crippen LogP contribution in [-0.2, 0) is 21.4 Å². The number of hydrogen-bond donors (Lipinski definition) is 1. The number of ether oxygens (including phenoxy) is 1. The van der Waals surface area contributed by atoms with Gasteiger partial charge in [-0.05, 0) is 29.2 Å². The van der Waals surface area contributed by atoms with Crippen molar-refractivity contribution in [2.45, 2.75) is 31.3 Å². The summed E-state index contributed by atoms with van der Waals surface area (Å²) in [7, 11) is -3.48. The summed E-state index contributed by atoms with van der Waals surface area (Å²) < 4.78 is 32.4. The summed E-state index contributed by atoms with van der Waals surface area (Å²) in [6, 6.07) is 16.8. The molecule has 0 aliphatic carbocycles. The molecular weight excluding hydrogens is 310 g/mol. The highest BCUT2D eigenvalue weighted by atomic mass is 32.2. The van der Waals surface area contributed by atoms with E-state index < -0.39 is 10.0 Å². The molecule has 2 rings (SSSR count). The van der Waals surface area contributed by atoms with Crippen molar-refractivity contribution in [2.75, 3.05) is 13.2 Å². The van der Waals surface area contributed by atoms with Crippen LogP contribution in [0.2, 0.25) is 0 Å². The molecule has 0 heterocycles. The molecule has 0 saturated carbocycles. The molecule has 124 valence electrons. The van der Waals surface area contributed by atoms with E-state index in [1.807, 2.05) is 42.5 Å². The zero-order valence-electron chi connectivity index (χ0n) is 13.5. The highest BCUT2D eigenvalue weighted by Gasteiger charge is 2.13. The molecule has 0 radical (unpaired) electrons. The molecule has 1 N–H and O–H groups in total. The van der Waals surface area contributed by atoms with Crippen molar-refractivity contribution < 1.29 is 13.2 Å². The van der Waals surface area contributed by atoms with Crippen molar-refractivity contribution in [1.82, 2.24) is 4.72 Å². The van der Waals surface area contributed by atoms with Gasteiger partial charge in [0.15, 0.2) is 0 Å². The summed E-state index contributed by atoms with van der Waals surface area (Å²) >= 11 is 0. The molecular formula is C18H23NO3S. The van der Waals surface area contributed by atoms with Gasteiger partial charge in [0.05, 0.1) is 18.1 Å². The summed E-state index contributed by atoms with van der Waals surface area (Å²) in [5.74, 6) is 0.381. The van der Waals surface area contributed by atoms with E-state index in [1.165, 1.54) is 0 Å². The molecule has 0 aliphatic rings. The summed E-state index contributed by atoms with van der Waals surface area (Å²) in [4.78, 5) is 0.282. The minimum Gasteiger partial charge on any atom is -0.375 e. The molecule has 2 aromatic rings. The first kappa shape index (κ1) is 17.7. The van der Waals surface area contributed by atoms with Gasteiger partial charge in [0, 0.05) is 6.54 Å². The smallest absolute Gasteiger partial charge is 0.240 e. The van der Waals surface area contributed by atoms with E-state index in [9.17, 15) is 8.42 Å². The van der Waals surface area contributed by atoms with E-state index in [2.05, 4.69) is 18.6 Å². The quantitative estimate of drug-likeness (QED) is 0.754. The van der Waals surface area contributed by atoms with Crippen LogP contribution < -0.4 is 4.72 Å². The van der Waals surface area contributed by atoms with Crippen LogP contribution in [0.5, 0.6) is 0 Å². The van der Waals surface area contributed by atoms with Crippen LogP contribution in [0.1, 0.15) is 30.9 Å². The van der Waals surface area contributed by atoms with Crippen LogP contribution >= 0.6 is 0 Å². The van der Waals surface area contributed by atoms with E-state index in [0.29, 0.717) is 19.1 Å². The van der Waals surface area contributed by atoms with Crippen molar-refractivity contribution in [3.63, 3.8) is 0 Å². The summed E-state index contributed by atoms with van der Waals surface area (Å²) in [5, 5.41) is 0. The molecule has 0 fully saturated rings. The Morgan fingerprint density at radius 3 is 2.26 bits per heavy atom. The predicted molar refractivity (Wildman–Crippen MR) is 91.8 cm³/mol. The molecule has 4 nitrogen and oxygen atoms in total. The van der Waals surface area contributed by atoms with E-state index in [0.717, 1.165) is 11.1 Å². The Bertz CT molecular complexity index is 695. The number of benzene rings is 2. The van der Waals surface area contributed by atoms with Crippen molar-refractivity contribution in [1.29, 1.82) is 0 Å². The Hall–Kier alpha value is -1.69. The first-order valence-corrected chi connectivity index (χ1v) is 9.18. The molecule has 0 aliphatic heterocycles. The van der Waals surface area contributed by atoms with Crippen LogP contribution in [0.4, 0.5) is 0 Å². The highest BCUT2D eigenvalue weighted by molar-refractivity contribution is 7.89. The number of nitrogens with one attached hydrogen (secondary N) is 1. The topological polar surface area (TPSA) is 55.4 Å². The molecule has 0 saturated heterocycles. The van der Waals surface area contributed by atoms with Gasteiger partial charge in [0.2, 0.25) is 10.0 Å². The summed E-state index contributed by atoms with van der Waals surface area (Å²) in [6.45, 7) is 5.21. The second kappa shape index (κ2) is 8.24. The Labute approximate surface area is 138 Å². The first-order chi connectivity index (χ1) is 11.0. The Kier molecular flexibility index (Phi) is 6.33. The lowest BCUT2D eigenvalue weighted by Gasteiger charge is -2.09. The summed E-state index contributed by atoms with van der Waals surface area (Å²) in [6.07, 6.45) is 0. The normalized spacial score (nSPS) is 11.8. The lowest BCUT2D eigenvalue weighted by molar-refractivity contribution is 0.126. The molecule has 2 aromatic carbocycles. The molecule has 23 heavy (non-hydrogen) atoms. The molecule has 0 aromatic heterocycles. The monoisotopic (exact) mass is 333 g/mol. The van der Waals surface area contributed by atoms with Gasteiger partial charge >= 0.3 is 0 Å². The largest absolute Gasteiger partial charge is 0.375 e. The van der Waals surface area contributed by atoms with Gasteiger partial charge in [0.25, 0.3) is 0 Å². The van der Waals surface area contributed by atoms with E-state index in [-0.39, 0.29) is 11.4 Å². The third kappa shape index (κ3) is 5.46. The second-order valence-corrected chi connectivity index (χ2v) is 7.43. The molecule has 0 amide bonds. The first-order valence-electron chi connectivity index (χ1n) is 7.70. The van der Waals surface area contributed by atoms with Crippen LogP contribution in [0.25, 0.3) is 0 Å². The van der Waals surface area contributed by atoms with E-state index in [1.54, 1.807) is 12.1 Å². The Morgan fingerprint density at radius 1 is 1.00 bits per heavy atom. The van der Waals surface area contributed by atoms with E-state index >= 15 is 0 Å². The molecule has 0 atom stereocenters. The van der Waals surface area contributed by atoms with Crippen LogP contribution in [-0.4, -0.2) is 21.6 Å².